The van der Waals surface area contributed by atoms with Gasteiger partial charge in [-0.05, 0) is 28.8 Å². The number of nitrogens with one attached hydrogen (secondary N) is 1. The number of nitrogens with two attached hydrogens (primary N) is 1. The predicted molar refractivity (Wildman–Crippen MR) is 101 cm³/mol. The van der Waals surface area contributed by atoms with E-state index in [1.807, 2.05) is 30.3 Å². The molecule has 2 aromatic rings. The fraction of sp³-hybridized carbons (Fsp3) is 0.150. The van der Waals surface area contributed by atoms with Crippen molar-refractivity contribution in [3.05, 3.63) is 94.1 Å². The maximum atomic E-state index is 12.7. The van der Waals surface area contributed by atoms with Gasteiger partial charge in [-0.2, -0.15) is 0 Å². The van der Waals surface area contributed by atoms with Gasteiger partial charge in [0.1, 0.15) is 0 Å². The molecule has 0 aliphatic heterocycles. The molecule has 1 unspecified atom stereocenters. The number of benzene rings is 2. The van der Waals surface area contributed by atoms with Crippen molar-refractivity contribution in [1.29, 1.82) is 0 Å². The number of allylic oxidation sites excluding steroid dienone is 2. The lowest BCUT2D eigenvalue weighted by Gasteiger charge is -2.25. The third kappa shape index (κ3) is 3.49. The van der Waals surface area contributed by atoms with Crippen molar-refractivity contribution >= 4 is 17.2 Å². The predicted octanol–water partition coefficient (Wildman–Crippen LogP) is 2.94. The van der Waals surface area contributed by atoms with Crippen LogP contribution in [0.1, 0.15) is 17.5 Å². The number of amides is 1. The molecule has 1 amide bonds. The van der Waals surface area contributed by atoms with Crippen LogP contribution in [0.4, 0.5) is 5.69 Å². The average molecular weight is 349 g/mol. The van der Waals surface area contributed by atoms with Gasteiger partial charge in [-0.1, -0.05) is 54.6 Å². The van der Waals surface area contributed by atoms with E-state index in [2.05, 4.69) is 5.32 Å². The van der Waals surface area contributed by atoms with Crippen molar-refractivity contribution < 1.29 is 9.72 Å². The summed E-state index contributed by atoms with van der Waals surface area (Å²) in [7, 11) is 0. The van der Waals surface area contributed by atoms with Gasteiger partial charge in [-0.3, -0.25) is 14.9 Å². The van der Waals surface area contributed by atoms with E-state index >= 15 is 0 Å². The number of nitro groups is 1. The topological polar surface area (TPSA) is 98.3 Å². The van der Waals surface area contributed by atoms with Crippen molar-refractivity contribution in [1.82, 2.24) is 5.32 Å². The number of nitrogens with zero attached hydrogens (tertiary/aromatic N) is 1. The lowest BCUT2D eigenvalue weighted by atomic mass is 9.83. The second-order valence-electron chi connectivity index (χ2n) is 6.20. The van der Waals surface area contributed by atoms with E-state index < -0.39 is 16.4 Å². The largest absolute Gasteiger partial charge is 0.399 e. The molecule has 2 aromatic carbocycles. The Hall–Kier alpha value is -3.41. The summed E-state index contributed by atoms with van der Waals surface area (Å²) >= 11 is 0. The maximum absolute atomic E-state index is 12.7. The first-order valence-electron chi connectivity index (χ1n) is 8.22. The standard InChI is InChI=1S/C20H19N3O3/c21-18-10-8-16(9-11-18)17-7-4-12-20(13-17,23(25)26)19(24)22-14-15-5-2-1-3-6-15/h1-12H,13-14,21H2,(H,22,24). The summed E-state index contributed by atoms with van der Waals surface area (Å²) in [6.07, 6.45) is 4.70. The molecule has 1 aliphatic rings. The van der Waals surface area contributed by atoms with Crippen molar-refractivity contribution in [3.63, 3.8) is 0 Å². The maximum Gasteiger partial charge on any atom is 0.321 e. The van der Waals surface area contributed by atoms with Crippen molar-refractivity contribution in [3.8, 4) is 0 Å². The minimum Gasteiger partial charge on any atom is -0.399 e. The summed E-state index contributed by atoms with van der Waals surface area (Å²) in [6.45, 7) is 0.240. The molecule has 26 heavy (non-hydrogen) atoms. The lowest BCUT2D eigenvalue weighted by Crippen LogP contribution is -2.51. The smallest absolute Gasteiger partial charge is 0.321 e. The van der Waals surface area contributed by atoms with Crippen molar-refractivity contribution in [2.45, 2.75) is 18.5 Å². The first-order valence-corrected chi connectivity index (χ1v) is 8.22. The quantitative estimate of drug-likeness (QED) is 0.492. The van der Waals surface area contributed by atoms with Gasteiger partial charge in [0, 0.05) is 23.2 Å². The molecule has 3 rings (SSSR count). The molecule has 0 saturated carbocycles. The fourth-order valence-electron chi connectivity index (χ4n) is 2.92. The highest BCUT2D eigenvalue weighted by Crippen LogP contribution is 2.33. The lowest BCUT2D eigenvalue weighted by molar-refractivity contribution is -0.537. The number of nitrogen functional groups attached to an aromatic ring is 1. The summed E-state index contributed by atoms with van der Waals surface area (Å²) in [5.41, 5.74) is 6.90. The zero-order valence-electron chi connectivity index (χ0n) is 14.1. The third-order valence-electron chi connectivity index (χ3n) is 4.43. The monoisotopic (exact) mass is 349 g/mol. The van der Waals surface area contributed by atoms with Gasteiger partial charge in [-0.25, -0.2) is 0 Å². The van der Waals surface area contributed by atoms with E-state index in [1.54, 1.807) is 36.4 Å². The minimum atomic E-state index is -1.82. The number of rotatable bonds is 5. The van der Waals surface area contributed by atoms with Gasteiger partial charge in [0.2, 0.25) is 0 Å². The van der Waals surface area contributed by atoms with E-state index in [1.165, 1.54) is 6.08 Å². The zero-order valence-corrected chi connectivity index (χ0v) is 14.1. The average Bonchev–Trinajstić information content (AvgIpc) is 2.67. The van der Waals surface area contributed by atoms with Crippen LogP contribution in [0.25, 0.3) is 5.57 Å². The molecule has 1 aliphatic carbocycles. The van der Waals surface area contributed by atoms with Gasteiger partial charge in [0.25, 0.3) is 0 Å². The normalized spacial score (nSPS) is 18.8. The Morgan fingerprint density at radius 1 is 1.15 bits per heavy atom. The van der Waals surface area contributed by atoms with Crippen LogP contribution in [0.2, 0.25) is 0 Å². The highest BCUT2D eigenvalue weighted by atomic mass is 16.6. The molecule has 0 fully saturated rings. The van der Waals surface area contributed by atoms with Gasteiger partial charge in [0.05, 0.1) is 6.42 Å². The van der Waals surface area contributed by atoms with E-state index in [0.29, 0.717) is 5.69 Å². The summed E-state index contributed by atoms with van der Waals surface area (Å²) in [5.74, 6) is -0.622. The molecule has 0 bridgehead atoms. The molecule has 0 saturated heterocycles. The van der Waals surface area contributed by atoms with Gasteiger partial charge in [0.15, 0.2) is 0 Å². The van der Waals surface area contributed by atoms with Crippen molar-refractivity contribution in [2.24, 2.45) is 0 Å². The Kier molecular flexibility index (Phi) is 4.84. The number of anilines is 1. The SMILES string of the molecule is Nc1ccc(C2=CC=CC(C(=O)NCc3ccccc3)([N+](=O)[O-])C2)cc1. The van der Waals surface area contributed by atoms with Crippen LogP contribution in [0.15, 0.2) is 72.8 Å². The Bertz CT molecular complexity index is 873. The summed E-state index contributed by atoms with van der Waals surface area (Å²) in [4.78, 5) is 24.0. The fourth-order valence-corrected chi connectivity index (χ4v) is 2.92. The number of carbonyl (C=O) groups excluding carboxylic acids is 1. The molecule has 0 spiro atoms. The van der Waals surface area contributed by atoms with E-state index in [4.69, 9.17) is 5.73 Å². The molecule has 132 valence electrons. The van der Waals surface area contributed by atoms with Gasteiger partial charge >= 0.3 is 11.4 Å². The number of hydrogen-bond donors (Lipinski definition) is 2. The van der Waals surface area contributed by atoms with Crippen LogP contribution in [-0.4, -0.2) is 16.4 Å². The number of hydrogen-bond acceptors (Lipinski definition) is 4. The zero-order chi connectivity index (χ0) is 18.6. The second kappa shape index (κ2) is 7.23. The van der Waals surface area contributed by atoms with Crippen LogP contribution in [-0.2, 0) is 11.3 Å². The van der Waals surface area contributed by atoms with Crippen molar-refractivity contribution in [2.75, 3.05) is 5.73 Å². The first-order chi connectivity index (χ1) is 12.5. The summed E-state index contributed by atoms with van der Waals surface area (Å²) < 4.78 is 0. The molecule has 6 heteroatoms. The van der Waals surface area contributed by atoms with Crippen LogP contribution in [0.3, 0.4) is 0 Å². The third-order valence-corrected chi connectivity index (χ3v) is 4.43. The molecular weight excluding hydrogens is 330 g/mol. The molecule has 0 aromatic heterocycles. The minimum absolute atomic E-state index is 0.0129. The van der Waals surface area contributed by atoms with E-state index in [9.17, 15) is 14.9 Å². The molecule has 0 radical (unpaired) electrons. The summed E-state index contributed by atoms with van der Waals surface area (Å²) in [5, 5.41) is 14.5. The van der Waals surface area contributed by atoms with Crippen LogP contribution < -0.4 is 11.1 Å². The first kappa shape index (κ1) is 17.4. The van der Waals surface area contributed by atoms with Gasteiger partial charge < -0.3 is 11.1 Å². The Morgan fingerprint density at radius 2 is 1.85 bits per heavy atom. The van der Waals surface area contributed by atoms with Gasteiger partial charge in [-0.15, -0.1) is 0 Å². The Labute approximate surface area is 151 Å². The van der Waals surface area contributed by atoms with E-state index in [-0.39, 0.29) is 13.0 Å². The van der Waals surface area contributed by atoms with Crippen LogP contribution in [0.5, 0.6) is 0 Å². The molecule has 0 heterocycles. The molecular formula is C20H19N3O3. The summed E-state index contributed by atoms with van der Waals surface area (Å²) in [6, 6.07) is 16.4. The Balaban J connectivity index is 1.81. The molecule has 3 N–H and O–H groups in total. The highest BCUT2D eigenvalue weighted by Gasteiger charge is 2.50. The Morgan fingerprint density at radius 3 is 2.50 bits per heavy atom. The van der Waals surface area contributed by atoms with Crippen LogP contribution >= 0.6 is 0 Å². The van der Waals surface area contributed by atoms with E-state index in [0.717, 1.165) is 16.7 Å². The van der Waals surface area contributed by atoms with Crippen LogP contribution in [0, 0.1) is 10.1 Å². The molecule has 6 nitrogen and oxygen atoms in total. The number of carbonyl (C=O) groups is 1. The second-order valence-corrected chi connectivity index (χ2v) is 6.20. The highest BCUT2D eigenvalue weighted by molar-refractivity contribution is 5.91. The molecule has 1 atom stereocenters.